The van der Waals surface area contributed by atoms with Gasteiger partial charge in [-0.05, 0) is 43.9 Å². The average molecular weight is 264 g/mol. The number of amides is 2. The molecule has 0 saturated carbocycles. The Morgan fingerprint density at radius 2 is 2.05 bits per heavy atom. The third kappa shape index (κ3) is 4.28. The summed E-state index contributed by atoms with van der Waals surface area (Å²) in [5, 5.41) is 2.49. The molecule has 0 heterocycles. The first-order valence-electron chi connectivity index (χ1n) is 6.16. The van der Waals surface area contributed by atoms with E-state index in [4.69, 9.17) is 10.5 Å². The van der Waals surface area contributed by atoms with Gasteiger partial charge < -0.3 is 15.8 Å². The van der Waals surface area contributed by atoms with Crippen LogP contribution in [0.1, 0.15) is 25.3 Å². The van der Waals surface area contributed by atoms with E-state index >= 15 is 0 Å². The van der Waals surface area contributed by atoms with Crippen molar-refractivity contribution in [2.75, 3.05) is 7.11 Å². The van der Waals surface area contributed by atoms with E-state index in [0.29, 0.717) is 12.8 Å². The maximum absolute atomic E-state index is 11.3. The maximum atomic E-state index is 11.3. The summed E-state index contributed by atoms with van der Waals surface area (Å²) in [7, 11) is 1.62. The number of nitrogens with two attached hydrogens (primary N) is 1. The van der Waals surface area contributed by atoms with E-state index in [1.807, 2.05) is 24.3 Å². The molecule has 0 saturated heterocycles. The van der Waals surface area contributed by atoms with Crippen LogP contribution in [0.5, 0.6) is 5.75 Å². The fraction of sp³-hybridized carbons (Fsp3) is 0.429. The lowest BCUT2D eigenvalue weighted by atomic mass is 9.93. The van der Waals surface area contributed by atoms with Gasteiger partial charge in [0.15, 0.2) is 0 Å². The average Bonchev–Trinajstić information content (AvgIpc) is 2.39. The quantitative estimate of drug-likeness (QED) is 0.687. The Balaban J connectivity index is 2.51. The van der Waals surface area contributed by atoms with Crippen LogP contribution < -0.4 is 15.8 Å². The monoisotopic (exact) mass is 264 g/mol. The Morgan fingerprint density at radius 3 is 2.53 bits per heavy atom. The van der Waals surface area contributed by atoms with Crippen LogP contribution in [-0.4, -0.2) is 25.0 Å². The minimum Gasteiger partial charge on any atom is -0.497 e. The Hall–Kier alpha value is -2.04. The SMILES string of the molecule is COc1ccc(CCCC(C)(NC=O)C(N)=O)cc1. The predicted octanol–water partition coefficient (Wildman–Crippen LogP) is 1.01. The molecule has 0 aliphatic heterocycles. The molecule has 1 aromatic rings. The van der Waals surface area contributed by atoms with Gasteiger partial charge >= 0.3 is 0 Å². The van der Waals surface area contributed by atoms with Crippen LogP contribution in [0, 0.1) is 0 Å². The number of nitrogens with one attached hydrogen (secondary N) is 1. The zero-order chi connectivity index (χ0) is 14.3. The second-order valence-corrected chi connectivity index (χ2v) is 4.66. The van der Waals surface area contributed by atoms with Gasteiger partial charge in [0.1, 0.15) is 11.3 Å². The van der Waals surface area contributed by atoms with E-state index < -0.39 is 11.4 Å². The molecule has 1 unspecified atom stereocenters. The van der Waals surface area contributed by atoms with Crippen LogP contribution >= 0.6 is 0 Å². The largest absolute Gasteiger partial charge is 0.497 e. The highest BCUT2D eigenvalue weighted by molar-refractivity contribution is 5.86. The van der Waals surface area contributed by atoms with Crippen molar-refractivity contribution in [2.45, 2.75) is 31.7 Å². The van der Waals surface area contributed by atoms with Crippen molar-refractivity contribution < 1.29 is 14.3 Å². The first kappa shape index (κ1) is 15.0. The van der Waals surface area contributed by atoms with E-state index in [2.05, 4.69) is 5.32 Å². The van der Waals surface area contributed by atoms with Gasteiger partial charge in [-0.15, -0.1) is 0 Å². The lowest BCUT2D eigenvalue weighted by Crippen LogP contribution is -2.52. The van der Waals surface area contributed by atoms with Crippen LogP contribution in [0.15, 0.2) is 24.3 Å². The molecule has 2 amide bonds. The van der Waals surface area contributed by atoms with Crippen molar-refractivity contribution in [3.63, 3.8) is 0 Å². The summed E-state index contributed by atoms with van der Waals surface area (Å²) >= 11 is 0. The molecular formula is C14H20N2O3. The van der Waals surface area contributed by atoms with Gasteiger partial charge in [-0.25, -0.2) is 0 Å². The number of ether oxygens (including phenoxy) is 1. The minimum absolute atomic E-state index is 0.507. The second-order valence-electron chi connectivity index (χ2n) is 4.66. The van der Waals surface area contributed by atoms with Crippen LogP contribution in [0.2, 0.25) is 0 Å². The highest BCUT2D eigenvalue weighted by Crippen LogP contribution is 2.16. The van der Waals surface area contributed by atoms with Gasteiger partial charge in [-0.3, -0.25) is 9.59 Å². The van der Waals surface area contributed by atoms with E-state index in [0.717, 1.165) is 24.2 Å². The molecule has 0 aliphatic rings. The van der Waals surface area contributed by atoms with Crippen molar-refractivity contribution in [1.82, 2.24) is 5.32 Å². The molecule has 1 atom stereocenters. The van der Waals surface area contributed by atoms with Crippen molar-refractivity contribution in [3.05, 3.63) is 29.8 Å². The fourth-order valence-corrected chi connectivity index (χ4v) is 1.83. The molecule has 1 rings (SSSR count). The molecule has 0 aliphatic carbocycles. The molecule has 104 valence electrons. The molecule has 5 nitrogen and oxygen atoms in total. The molecule has 3 N–H and O–H groups in total. The summed E-state index contributed by atoms with van der Waals surface area (Å²) in [5.74, 6) is 0.294. The lowest BCUT2D eigenvalue weighted by molar-refractivity contribution is -0.127. The number of rotatable bonds is 8. The van der Waals surface area contributed by atoms with E-state index in [1.165, 1.54) is 0 Å². The Labute approximate surface area is 113 Å². The maximum Gasteiger partial charge on any atom is 0.242 e. The first-order valence-corrected chi connectivity index (χ1v) is 6.16. The number of carbonyl (C=O) groups excluding carboxylic acids is 2. The zero-order valence-electron chi connectivity index (χ0n) is 11.3. The number of hydrogen-bond acceptors (Lipinski definition) is 3. The van der Waals surface area contributed by atoms with Crippen molar-refractivity contribution in [2.24, 2.45) is 5.73 Å². The molecule has 0 radical (unpaired) electrons. The van der Waals surface area contributed by atoms with E-state index in [1.54, 1.807) is 14.0 Å². The summed E-state index contributed by atoms with van der Waals surface area (Å²) in [6, 6.07) is 7.75. The van der Waals surface area contributed by atoms with Gasteiger partial charge in [-0.1, -0.05) is 12.1 Å². The first-order chi connectivity index (χ1) is 9.01. The minimum atomic E-state index is -0.978. The third-order valence-corrected chi connectivity index (χ3v) is 3.22. The molecule has 0 aromatic heterocycles. The van der Waals surface area contributed by atoms with Gasteiger partial charge in [0.05, 0.1) is 7.11 Å². The topological polar surface area (TPSA) is 81.4 Å². The molecular weight excluding hydrogens is 244 g/mol. The van der Waals surface area contributed by atoms with Gasteiger partial charge in [0, 0.05) is 0 Å². The number of carbonyl (C=O) groups is 2. The highest BCUT2D eigenvalue weighted by atomic mass is 16.5. The van der Waals surface area contributed by atoms with Gasteiger partial charge in [-0.2, -0.15) is 0 Å². The summed E-state index contributed by atoms with van der Waals surface area (Å²) in [4.78, 5) is 21.8. The predicted molar refractivity (Wildman–Crippen MR) is 72.7 cm³/mol. The lowest BCUT2D eigenvalue weighted by Gasteiger charge is -2.25. The normalized spacial score (nSPS) is 13.4. The van der Waals surface area contributed by atoms with Crippen LogP contribution in [0.25, 0.3) is 0 Å². The summed E-state index contributed by atoms with van der Waals surface area (Å²) < 4.78 is 5.08. The Morgan fingerprint density at radius 1 is 1.42 bits per heavy atom. The van der Waals surface area contributed by atoms with Crippen LogP contribution in [0.4, 0.5) is 0 Å². The summed E-state index contributed by atoms with van der Waals surface area (Å²) in [6.45, 7) is 1.64. The number of aryl methyl sites for hydroxylation is 1. The molecule has 1 aromatic carbocycles. The molecule has 19 heavy (non-hydrogen) atoms. The molecule has 0 spiro atoms. The van der Waals surface area contributed by atoms with Crippen LogP contribution in [-0.2, 0) is 16.0 Å². The van der Waals surface area contributed by atoms with E-state index in [9.17, 15) is 9.59 Å². The molecule has 0 bridgehead atoms. The second kappa shape index (κ2) is 6.78. The highest BCUT2D eigenvalue weighted by Gasteiger charge is 2.29. The van der Waals surface area contributed by atoms with E-state index in [-0.39, 0.29) is 0 Å². The molecule has 0 fully saturated rings. The summed E-state index contributed by atoms with van der Waals surface area (Å²) in [6.07, 6.45) is 2.59. The smallest absolute Gasteiger partial charge is 0.242 e. The number of methoxy groups -OCH3 is 1. The van der Waals surface area contributed by atoms with Gasteiger partial charge in [0.25, 0.3) is 0 Å². The fourth-order valence-electron chi connectivity index (χ4n) is 1.83. The third-order valence-electron chi connectivity index (χ3n) is 3.22. The number of primary amides is 1. The summed E-state index contributed by atoms with van der Waals surface area (Å²) in [5.41, 5.74) is 5.47. The van der Waals surface area contributed by atoms with Crippen molar-refractivity contribution in [3.8, 4) is 5.75 Å². The van der Waals surface area contributed by atoms with Crippen LogP contribution in [0.3, 0.4) is 0 Å². The van der Waals surface area contributed by atoms with Crippen molar-refractivity contribution >= 4 is 12.3 Å². The zero-order valence-corrected chi connectivity index (χ0v) is 11.3. The number of benzene rings is 1. The number of hydrogen-bond donors (Lipinski definition) is 2. The standard InChI is InChI=1S/C14H20N2O3/c1-14(13(15)18,16-10-17)9-3-4-11-5-7-12(19-2)8-6-11/h5-8,10H,3-4,9H2,1-2H3,(H2,15,18)(H,16,17). The molecule has 5 heteroatoms. The van der Waals surface area contributed by atoms with Gasteiger partial charge in [0.2, 0.25) is 12.3 Å². The Bertz CT molecular complexity index is 431. The Kier molecular flexibility index (Phi) is 5.36. The van der Waals surface area contributed by atoms with Crippen molar-refractivity contribution in [1.29, 1.82) is 0 Å².